The predicted octanol–water partition coefficient (Wildman–Crippen LogP) is 4.73. The zero-order valence-electron chi connectivity index (χ0n) is 19.3. The average molecular weight is 488 g/mol. The van der Waals surface area contributed by atoms with Crippen LogP contribution in [0.5, 0.6) is 0 Å². The van der Waals surface area contributed by atoms with Gasteiger partial charge in [0.1, 0.15) is 6.07 Å². The SMILES string of the molecule is CC(OC(=O)c1ccccc1Sc1ccccc1C#N)C(=O)Nc1ccc(N2CCOCC2)cc1. The molecule has 0 bridgehead atoms. The van der Waals surface area contributed by atoms with Crippen molar-refractivity contribution in [1.82, 2.24) is 0 Å². The molecular weight excluding hydrogens is 462 g/mol. The molecule has 178 valence electrons. The molecule has 1 aliphatic rings. The van der Waals surface area contributed by atoms with Gasteiger partial charge in [-0.05, 0) is 55.5 Å². The number of carbonyl (C=O) groups is 2. The van der Waals surface area contributed by atoms with E-state index in [1.807, 2.05) is 42.5 Å². The highest BCUT2D eigenvalue weighted by atomic mass is 32.2. The molecule has 0 spiro atoms. The summed E-state index contributed by atoms with van der Waals surface area (Å²) in [6.45, 7) is 4.61. The van der Waals surface area contributed by atoms with Gasteiger partial charge < -0.3 is 19.7 Å². The molecule has 35 heavy (non-hydrogen) atoms. The first-order valence-electron chi connectivity index (χ1n) is 11.3. The molecule has 3 aromatic carbocycles. The second-order valence-corrected chi connectivity index (χ2v) is 8.97. The Morgan fingerprint density at radius 2 is 1.66 bits per heavy atom. The summed E-state index contributed by atoms with van der Waals surface area (Å²) >= 11 is 1.31. The van der Waals surface area contributed by atoms with Gasteiger partial charge in [0.05, 0.1) is 24.3 Å². The molecule has 4 rings (SSSR count). The number of hydrogen-bond donors (Lipinski definition) is 1. The Bertz CT molecular complexity index is 1230. The van der Waals surface area contributed by atoms with Crippen molar-refractivity contribution in [3.8, 4) is 6.07 Å². The van der Waals surface area contributed by atoms with Gasteiger partial charge in [0.15, 0.2) is 6.10 Å². The van der Waals surface area contributed by atoms with Crippen molar-refractivity contribution in [3.05, 3.63) is 83.9 Å². The molecule has 3 aromatic rings. The topological polar surface area (TPSA) is 91.7 Å². The minimum Gasteiger partial charge on any atom is -0.449 e. The van der Waals surface area contributed by atoms with Gasteiger partial charge in [-0.3, -0.25) is 4.79 Å². The van der Waals surface area contributed by atoms with Crippen LogP contribution in [0.15, 0.2) is 82.6 Å². The lowest BCUT2D eigenvalue weighted by Crippen LogP contribution is -2.36. The van der Waals surface area contributed by atoms with E-state index in [2.05, 4.69) is 16.3 Å². The molecule has 1 saturated heterocycles. The van der Waals surface area contributed by atoms with E-state index in [4.69, 9.17) is 9.47 Å². The highest BCUT2D eigenvalue weighted by molar-refractivity contribution is 7.99. The zero-order valence-corrected chi connectivity index (χ0v) is 20.1. The molecule has 7 nitrogen and oxygen atoms in total. The number of ether oxygens (including phenoxy) is 2. The molecule has 1 amide bonds. The van der Waals surface area contributed by atoms with Crippen molar-refractivity contribution in [3.63, 3.8) is 0 Å². The van der Waals surface area contributed by atoms with Gasteiger partial charge in [0.2, 0.25) is 0 Å². The van der Waals surface area contributed by atoms with Crippen LogP contribution >= 0.6 is 11.8 Å². The Morgan fingerprint density at radius 3 is 2.37 bits per heavy atom. The summed E-state index contributed by atoms with van der Waals surface area (Å²) in [5, 5.41) is 12.1. The smallest absolute Gasteiger partial charge is 0.340 e. The van der Waals surface area contributed by atoms with Crippen LogP contribution in [0.25, 0.3) is 0 Å². The molecular formula is C27H25N3O4S. The third kappa shape index (κ3) is 6.21. The van der Waals surface area contributed by atoms with Crippen molar-refractivity contribution in [2.24, 2.45) is 0 Å². The second kappa shape index (κ2) is 11.6. The molecule has 1 aliphatic heterocycles. The van der Waals surface area contributed by atoms with Gasteiger partial charge in [-0.1, -0.05) is 36.0 Å². The van der Waals surface area contributed by atoms with Crippen LogP contribution in [0.2, 0.25) is 0 Å². The lowest BCUT2D eigenvalue weighted by molar-refractivity contribution is -0.123. The Hall–Kier alpha value is -3.80. The highest BCUT2D eigenvalue weighted by Crippen LogP contribution is 2.33. The van der Waals surface area contributed by atoms with Crippen LogP contribution < -0.4 is 10.2 Å². The normalized spacial score (nSPS) is 14.0. The van der Waals surface area contributed by atoms with E-state index in [1.54, 1.807) is 30.3 Å². The lowest BCUT2D eigenvalue weighted by atomic mass is 10.2. The predicted molar refractivity (Wildman–Crippen MR) is 135 cm³/mol. The maximum absolute atomic E-state index is 12.9. The van der Waals surface area contributed by atoms with E-state index in [-0.39, 0.29) is 0 Å². The number of nitriles is 1. The van der Waals surface area contributed by atoms with Gasteiger partial charge >= 0.3 is 5.97 Å². The summed E-state index contributed by atoms with van der Waals surface area (Å²) < 4.78 is 10.9. The Balaban J connectivity index is 1.38. The van der Waals surface area contributed by atoms with Crippen molar-refractivity contribution in [1.29, 1.82) is 5.26 Å². The summed E-state index contributed by atoms with van der Waals surface area (Å²) in [5.41, 5.74) is 2.55. The number of morpholine rings is 1. The number of nitrogens with zero attached hydrogens (tertiary/aromatic N) is 2. The monoisotopic (exact) mass is 487 g/mol. The summed E-state index contributed by atoms with van der Waals surface area (Å²) in [4.78, 5) is 29.2. The Morgan fingerprint density at radius 1 is 1.00 bits per heavy atom. The fraction of sp³-hybridized carbons (Fsp3) is 0.222. The number of esters is 1. The molecule has 0 radical (unpaired) electrons. The molecule has 0 aliphatic carbocycles. The first-order chi connectivity index (χ1) is 17.0. The standard InChI is InChI=1S/C27H25N3O4S/c1-19(26(31)29-21-10-12-22(13-11-21)30-14-16-33-17-15-30)34-27(32)23-7-3-5-9-25(23)35-24-8-4-2-6-20(24)18-28/h2-13,19H,14-17H2,1H3,(H,29,31). The molecule has 1 unspecified atom stereocenters. The molecule has 1 atom stereocenters. The van der Waals surface area contributed by atoms with Crippen molar-refractivity contribution >= 4 is 35.0 Å². The van der Waals surface area contributed by atoms with E-state index in [1.165, 1.54) is 18.7 Å². The van der Waals surface area contributed by atoms with Crippen LogP contribution in [0.4, 0.5) is 11.4 Å². The fourth-order valence-electron chi connectivity index (χ4n) is 3.59. The van der Waals surface area contributed by atoms with Gasteiger partial charge in [-0.25, -0.2) is 4.79 Å². The van der Waals surface area contributed by atoms with E-state index in [0.717, 1.165) is 23.7 Å². The number of anilines is 2. The van der Waals surface area contributed by atoms with Crippen molar-refractivity contribution < 1.29 is 19.1 Å². The molecule has 1 N–H and O–H groups in total. The number of carbonyl (C=O) groups excluding carboxylic acids is 2. The largest absolute Gasteiger partial charge is 0.449 e. The van der Waals surface area contributed by atoms with Gasteiger partial charge in [-0.2, -0.15) is 5.26 Å². The highest BCUT2D eigenvalue weighted by Gasteiger charge is 2.22. The molecule has 0 saturated carbocycles. The van der Waals surface area contributed by atoms with E-state index >= 15 is 0 Å². The number of hydrogen-bond acceptors (Lipinski definition) is 7. The minimum absolute atomic E-state index is 0.333. The third-order valence-electron chi connectivity index (χ3n) is 5.50. The Kier molecular flexibility index (Phi) is 8.03. The minimum atomic E-state index is -0.995. The first kappa shape index (κ1) is 24.3. The third-order valence-corrected chi connectivity index (χ3v) is 6.65. The summed E-state index contributed by atoms with van der Waals surface area (Å²) in [5.74, 6) is -1.02. The summed E-state index contributed by atoms with van der Waals surface area (Å²) in [6.07, 6.45) is -0.995. The second-order valence-electron chi connectivity index (χ2n) is 7.89. The fourth-order valence-corrected chi connectivity index (χ4v) is 4.60. The van der Waals surface area contributed by atoms with E-state index < -0.39 is 18.0 Å². The molecule has 8 heteroatoms. The van der Waals surface area contributed by atoms with E-state index in [0.29, 0.717) is 34.9 Å². The molecule has 0 aromatic heterocycles. The Labute approximate surface area is 208 Å². The first-order valence-corrected chi connectivity index (χ1v) is 12.1. The van der Waals surface area contributed by atoms with Gasteiger partial charge in [-0.15, -0.1) is 0 Å². The molecule has 1 fully saturated rings. The van der Waals surface area contributed by atoms with Crippen molar-refractivity contribution in [2.45, 2.75) is 22.8 Å². The summed E-state index contributed by atoms with van der Waals surface area (Å²) in [6, 6.07) is 23.9. The van der Waals surface area contributed by atoms with Gasteiger partial charge in [0.25, 0.3) is 5.91 Å². The van der Waals surface area contributed by atoms with E-state index in [9.17, 15) is 14.9 Å². The van der Waals surface area contributed by atoms with Crippen LogP contribution in [-0.4, -0.2) is 44.3 Å². The average Bonchev–Trinajstić information content (AvgIpc) is 2.90. The number of rotatable bonds is 7. The zero-order chi connectivity index (χ0) is 24.6. The number of benzene rings is 3. The number of nitrogens with one attached hydrogen (secondary N) is 1. The van der Waals surface area contributed by atoms with Crippen LogP contribution in [0, 0.1) is 11.3 Å². The van der Waals surface area contributed by atoms with Crippen molar-refractivity contribution in [2.75, 3.05) is 36.5 Å². The molecule has 1 heterocycles. The number of amides is 1. The van der Waals surface area contributed by atoms with Crippen LogP contribution in [0.1, 0.15) is 22.8 Å². The van der Waals surface area contributed by atoms with Gasteiger partial charge in [0, 0.05) is 34.3 Å². The lowest BCUT2D eigenvalue weighted by Gasteiger charge is -2.28. The van der Waals surface area contributed by atoms with Crippen LogP contribution in [0.3, 0.4) is 0 Å². The quantitative estimate of drug-likeness (QED) is 0.482. The maximum atomic E-state index is 12.9. The summed E-state index contributed by atoms with van der Waals surface area (Å²) in [7, 11) is 0. The van der Waals surface area contributed by atoms with Crippen LogP contribution in [-0.2, 0) is 14.3 Å². The maximum Gasteiger partial charge on any atom is 0.340 e.